The molecule has 0 aliphatic carbocycles. The Morgan fingerprint density at radius 3 is 2.42 bits per heavy atom. The summed E-state index contributed by atoms with van der Waals surface area (Å²) in [4.78, 5) is 39.4. The van der Waals surface area contributed by atoms with Gasteiger partial charge in [-0.1, -0.05) is 25.5 Å². The van der Waals surface area contributed by atoms with Gasteiger partial charge in [-0.15, -0.1) is 0 Å². The fourth-order valence-corrected chi connectivity index (χ4v) is 4.40. The highest BCUT2D eigenvalue weighted by Crippen LogP contribution is 2.34. The Labute approximate surface area is 231 Å². The van der Waals surface area contributed by atoms with Crippen LogP contribution in [0.15, 0.2) is 36.4 Å². The number of fused-ring (bicyclic) bond motifs is 1. The molecule has 3 rings (SSSR count). The van der Waals surface area contributed by atoms with Crippen molar-refractivity contribution in [2.75, 3.05) is 24.5 Å². The zero-order chi connectivity index (χ0) is 29.7. The topological polar surface area (TPSA) is 96.4 Å². The van der Waals surface area contributed by atoms with Crippen molar-refractivity contribution in [2.24, 2.45) is 0 Å². The number of alkyl halides is 3. The smallest absolute Gasteiger partial charge is 0.416 e. The van der Waals surface area contributed by atoms with Gasteiger partial charge in [0.25, 0.3) is 0 Å². The number of nitrogens with zero attached hydrogens (tertiary/aromatic N) is 2. The van der Waals surface area contributed by atoms with Crippen LogP contribution in [0.4, 0.5) is 23.7 Å². The predicted molar refractivity (Wildman–Crippen MR) is 142 cm³/mol. The first-order chi connectivity index (χ1) is 18.7. The molecule has 0 saturated carbocycles. The number of amides is 2. The summed E-state index contributed by atoms with van der Waals surface area (Å²) in [7, 11) is 0. The van der Waals surface area contributed by atoms with Crippen LogP contribution in [-0.2, 0) is 40.0 Å². The van der Waals surface area contributed by atoms with Crippen molar-refractivity contribution in [2.45, 2.75) is 71.8 Å². The number of aliphatic carboxylic acids is 1. The first kappa shape index (κ1) is 30.8. The minimum Gasteiger partial charge on any atom is -0.489 e. The molecule has 2 amide bonds. The Balaban J connectivity index is 1.69. The number of benzene rings is 2. The standard InChI is InChI=1S/C29H35F3N2O6/c1-5-6-20-8-7-19(15-23(20)29(30,31)32)18-39-22-9-10-24-21(16-22)11-14-34(24)25(35)17-33(13-12-26(36)37)27(38)40-28(2,3)4/h7-10,15-16H,5-6,11-14,17-18H2,1-4H3,(H,36,37). The number of aryl methyl sites for hydroxylation is 1. The molecule has 2 aromatic rings. The summed E-state index contributed by atoms with van der Waals surface area (Å²) in [5.74, 6) is -1.04. The molecule has 0 bridgehead atoms. The van der Waals surface area contributed by atoms with Crippen molar-refractivity contribution in [3.05, 3.63) is 58.7 Å². The second-order valence-electron chi connectivity index (χ2n) is 10.7. The first-order valence-electron chi connectivity index (χ1n) is 13.1. The summed E-state index contributed by atoms with van der Waals surface area (Å²) in [6, 6.07) is 9.32. The van der Waals surface area contributed by atoms with Gasteiger partial charge in [-0.05, 0) is 74.6 Å². The lowest BCUT2D eigenvalue weighted by Gasteiger charge is -2.28. The Morgan fingerprint density at radius 2 is 1.80 bits per heavy atom. The third-order valence-electron chi connectivity index (χ3n) is 6.23. The van der Waals surface area contributed by atoms with Crippen LogP contribution < -0.4 is 9.64 Å². The van der Waals surface area contributed by atoms with Gasteiger partial charge in [0.2, 0.25) is 5.91 Å². The number of carbonyl (C=O) groups excluding carboxylic acids is 2. The van der Waals surface area contributed by atoms with Crippen LogP contribution in [-0.4, -0.2) is 53.2 Å². The Hall–Kier alpha value is -3.76. The number of hydrogen-bond donors (Lipinski definition) is 1. The van der Waals surface area contributed by atoms with Crippen molar-refractivity contribution in [1.29, 1.82) is 0 Å². The molecule has 1 heterocycles. The van der Waals surface area contributed by atoms with Crippen LogP contribution in [0.5, 0.6) is 5.75 Å². The minimum absolute atomic E-state index is 0.0503. The molecule has 0 fully saturated rings. The van der Waals surface area contributed by atoms with Gasteiger partial charge in [-0.3, -0.25) is 14.5 Å². The van der Waals surface area contributed by atoms with E-state index in [9.17, 15) is 27.6 Å². The molecule has 1 aliphatic rings. The van der Waals surface area contributed by atoms with Crippen LogP contribution in [0.25, 0.3) is 0 Å². The molecule has 11 heteroatoms. The van der Waals surface area contributed by atoms with E-state index < -0.39 is 35.3 Å². The Morgan fingerprint density at radius 1 is 1.07 bits per heavy atom. The second kappa shape index (κ2) is 12.6. The van der Waals surface area contributed by atoms with Gasteiger partial charge in [0.15, 0.2) is 0 Å². The van der Waals surface area contributed by atoms with E-state index >= 15 is 0 Å². The fraction of sp³-hybridized carbons (Fsp3) is 0.483. The molecule has 0 aromatic heterocycles. The SMILES string of the molecule is CCCc1ccc(COc2ccc3c(c2)CCN3C(=O)CN(CCC(=O)O)C(=O)OC(C)(C)C)cc1C(F)(F)F. The molecule has 40 heavy (non-hydrogen) atoms. The van der Waals surface area contributed by atoms with E-state index in [4.69, 9.17) is 14.6 Å². The number of halogens is 3. The maximum Gasteiger partial charge on any atom is 0.416 e. The molecule has 1 aliphatic heterocycles. The number of anilines is 1. The van der Waals surface area contributed by atoms with Gasteiger partial charge in [0.1, 0.15) is 24.5 Å². The predicted octanol–water partition coefficient (Wildman–Crippen LogP) is 5.84. The molecule has 2 aromatic carbocycles. The first-order valence-corrected chi connectivity index (χ1v) is 13.1. The van der Waals surface area contributed by atoms with Gasteiger partial charge >= 0.3 is 18.2 Å². The second-order valence-corrected chi connectivity index (χ2v) is 10.7. The highest BCUT2D eigenvalue weighted by Gasteiger charge is 2.33. The Bertz CT molecular complexity index is 1240. The molecular formula is C29H35F3N2O6. The normalized spacial score (nSPS) is 13.1. The van der Waals surface area contributed by atoms with E-state index in [0.29, 0.717) is 42.8 Å². The third-order valence-corrected chi connectivity index (χ3v) is 6.23. The zero-order valence-corrected chi connectivity index (χ0v) is 23.1. The van der Waals surface area contributed by atoms with Crippen LogP contribution in [0, 0.1) is 0 Å². The van der Waals surface area contributed by atoms with E-state index in [-0.39, 0.29) is 31.7 Å². The maximum atomic E-state index is 13.5. The molecule has 0 atom stereocenters. The average Bonchev–Trinajstić information content (AvgIpc) is 3.27. The lowest BCUT2D eigenvalue weighted by atomic mass is 10.00. The van der Waals surface area contributed by atoms with Crippen LogP contribution >= 0.6 is 0 Å². The summed E-state index contributed by atoms with van der Waals surface area (Å²) in [5.41, 5.74) is 0.631. The average molecular weight is 565 g/mol. The molecule has 0 radical (unpaired) electrons. The lowest BCUT2D eigenvalue weighted by Crippen LogP contribution is -2.45. The van der Waals surface area contributed by atoms with Gasteiger partial charge < -0.3 is 19.5 Å². The molecule has 0 saturated heterocycles. The maximum absolute atomic E-state index is 13.5. The van der Waals surface area contributed by atoms with Crippen LogP contribution in [0.2, 0.25) is 0 Å². The highest BCUT2D eigenvalue weighted by molar-refractivity contribution is 5.98. The number of rotatable bonds is 10. The molecule has 218 valence electrons. The van der Waals surface area contributed by atoms with Crippen molar-refractivity contribution >= 4 is 23.7 Å². The van der Waals surface area contributed by atoms with Crippen molar-refractivity contribution in [3.8, 4) is 5.75 Å². The molecule has 1 N–H and O–H groups in total. The number of hydrogen-bond acceptors (Lipinski definition) is 5. The van der Waals surface area contributed by atoms with E-state index in [1.807, 2.05) is 6.92 Å². The largest absolute Gasteiger partial charge is 0.489 e. The summed E-state index contributed by atoms with van der Waals surface area (Å²) < 4.78 is 51.7. The van der Waals surface area contributed by atoms with E-state index in [1.165, 1.54) is 11.0 Å². The van der Waals surface area contributed by atoms with Crippen LogP contribution in [0.1, 0.15) is 62.8 Å². The van der Waals surface area contributed by atoms with Gasteiger partial charge in [0, 0.05) is 18.8 Å². The van der Waals surface area contributed by atoms with Crippen molar-refractivity contribution in [1.82, 2.24) is 4.90 Å². The summed E-state index contributed by atoms with van der Waals surface area (Å²) >= 11 is 0. The number of carboxylic acid groups (broad SMARTS) is 1. The monoisotopic (exact) mass is 564 g/mol. The summed E-state index contributed by atoms with van der Waals surface area (Å²) in [6.07, 6.45) is -4.10. The van der Waals surface area contributed by atoms with Crippen molar-refractivity contribution < 1.29 is 42.1 Å². The van der Waals surface area contributed by atoms with Crippen LogP contribution in [0.3, 0.4) is 0 Å². The number of carbonyl (C=O) groups is 3. The van der Waals surface area contributed by atoms with E-state index in [1.54, 1.807) is 45.0 Å². The zero-order valence-electron chi connectivity index (χ0n) is 23.1. The number of ether oxygens (including phenoxy) is 2. The van der Waals surface area contributed by atoms with E-state index in [0.717, 1.165) is 16.5 Å². The molecular weight excluding hydrogens is 529 g/mol. The van der Waals surface area contributed by atoms with Crippen molar-refractivity contribution in [3.63, 3.8) is 0 Å². The van der Waals surface area contributed by atoms with Gasteiger partial charge in [0.05, 0.1) is 12.0 Å². The quantitative estimate of drug-likeness (QED) is 0.390. The molecule has 0 unspecified atom stereocenters. The summed E-state index contributed by atoms with van der Waals surface area (Å²) in [5, 5.41) is 9.04. The number of carboxylic acids is 1. The molecule has 8 nitrogen and oxygen atoms in total. The van der Waals surface area contributed by atoms with E-state index in [2.05, 4.69) is 0 Å². The highest BCUT2D eigenvalue weighted by atomic mass is 19.4. The minimum atomic E-state index is -4.45. The fourth-order valence-electron chi connectivity index (χ4n) is 4.40. The lowest BCUT2D eigenvalue weighted by molar-refractivity contribution is -0.138. The molecule has 0 spiro atoms. The Kier molecular flexibility index (Phi) is 9.70. The van der Waals surface area contributed by atoms with Gasteiger partial charge in [-0.25, -0.2) is 4.79 Å². The summed E-state index contributed by atoms with van der Waals surface area (Å²) in [6.45, 7) is 6.63. The van der Waals surface area contributed by atoms with Gasteiger partial charge in [-0.2, -0.15) is 13.2 Å². The third kappa shape index (κ3) is 8.37.